The number of nitrogens with one attached hydrogen (secondary N) is 1. The number of ether oxygens (including phenoxy) is 2. The van der Waals surface area contributed by atoms with Gasteiger partial charge in [0.05, 0.1) is 37.6 Å². The third kappa shape index (κ3) is 5.16. The van der Waals surface area contributed by atoms with Crippen molar-refractivity contribution in [3.8, 4) is 0 Å². The molecule has 0 saturated carbocycles. The van der Waals surface area contributed by atoms with Gasteiger partial charge in [-0.1, -0.05) is 28.7 Å². The number of rotatable bonds is 10. The van der Waals surface area contributed by atoms with Gasteiger partial charge in [-0.05, 0) is 18.6 Å². The predicted octanol–water partition coefficient (Wildman–Crippen LogP) is 1.65. The molecule has 10 heteroatoms. The number of hydrogen-bond donors (Lipinski definition) is 1. The summed E-state index contributed by atoms with van der Waals surface area (Å²) in [6, 6.07) is 4.14. The summed E-state index contributed by atoms with van der Waals surface area (Å²) in [5, 5.41) is 2.20. The lowest BCUT2D eigenvalue weighted by Gasteiger charge is -2.27. The van der Waals surface area contributed by atoms with E-state index < -0.39 is 29.7 Å². The Kier molecular flexibility index (Phi) is 8.04. The van der Waals surface area contributed by atoms with Crippen LogP contribution in [-0.4, -0.2) is 71.2 Å². The molecule has 0 aromatic heterocycles. The molecule has 3 rings (SSSR count). The van der Waals surface area contributed by atoms with Crippen LogP contribution in [0.25, 0.3) is 0 Å². The fourth-order valence-electron chi connectivity index (χ4n) is 3.19. The highest BCUT2D eigenvalue weighted by Gasteiger charge is 2.45. The minimum absolute atomic E-state index is 0.101. The molecule has 1 unspecified atom stereocenters. The molecule has 1 atom stereocenters. The van der Waals surface area contributed by atoms with Crippen molar-refractivity contribution < 1.29 is 28.7 Å². The van der Waals surface area contributed by atoms with E-state index in [0.717, 1.165) is 9.33 Å². The van der Waals surface area contributed by atoms with Crippen LogP contribution in [0.4, 0.5) is 0 Å². The molecule has 1 aromatic rings. The van der Waals surface area contributed by atoms with Gasteiger partial charge in [-0.2, -0.15) is 0 Å². The summed E-state index contributed by atoms with van der Waals surface area (Å²) in [6.07, 6.45) is 0.246. The maximum atomic E-state index is 13.0. The lowest BCUT2D eigenvalue weighted by Crippen LogP contribution is -2.54. The van der Waals surface area contributed by atoms with E-state index in [-0.39, 0.29) is 18.4 Å². The number of thioether (sulfide) groups is 1. The molecule has 4 amide bonds. The van der Waals surface area contributed by atoms with Crippen LogP contribution in [0.2, 0.25) is 0 Å². The fraction of sp³-hybridized carbons (Fsp3) is 0.474. The molecule has 0 aliphatic carbocycles. The number of carbonyl (C=O) groups is 4. The zero-order chi connectivity index (χ0) is 20.8. The van der Waals surface area contributed by atoms with Gasteiger partial charge >= 0.3 is 0 Å². The third-order valence-electron chi connectivity index (χ3n) is 4.51. The number of alkyl halides is 1. The van der Waals surface area contributed by atoms with E-state index in [1.54, 1.807) is 18.2 Å². The first-order valence-corrected chi connectivity index (χ1v) is 11.7. The molecule has 0 radical (unpaired) electrons. The lowest BCUT2D eigenvalue weighted by atomic mass is 10.0. The highest BCUT2D eigenvalue weighted by Crippen LogP contribution is 2.34. The van der Waals surface area contributed by atoms with Crippen LogP contribution in [0, 0.1) is 0 Å². The Morgan fingerprint density at radius 3 is 2.55 bits per heavy atom. The Morgan fingerprint density at radius 1 is 1.07 bits per heavy atom. The van der Waals surface area contributed by atoms with Crippen molar-refractivity contribution in [2.75, 3.05) is 36.6 Å². The number of benzene rings is 1. The molecule has 1 saturated heterocycles. The van der Waals surface area contributed by atoms with Gasteiger partial charge in [-0.15, -0.1) is 11.8 Å². The number of amides is 4. The molecular formula is C19H21IN2O6S. The number of imide groups is 2. The van der Waals surface area contributed by atoms with Crippen molar-refractivity contribution in [3.05, 3.63) is 29.3 Å². The van der Waals surface area contributed by atoms with Crippen LogP contribution >= 0.6 is 34.4 Å². The Balaban J connectivity index is 1.61. The van der Waals surface area contributed by atoms with Gasteiger partial charge in [-0.3, -0.25) is 29.4 Å². The Bertz CT molecular complexity index is 818. The van der Waals surface area contributed by atoms with Crippen molar-refractivity contribution in [2.45, 2.75) is 23.8 Å². The average Bonchev–Trinajstić information content (AvgIpc) is 2.95. The summed E-state index contributed by atoms with van der Waals surface area (Å²) >= 11 is 3.67. The fourth-order valence-corrected chi connectivity index (χ4v) is 4.44. The molecule has 1 N–H and O–H groups in total. The third-order valence-corrected chi connectivity index (χ3v) is 5.97. The standard InChI is InChI=1S/C19H21IN2O6S/c20-6-7-27-8-9-28-10-11-29-14-3-1-2-12-16(14)19(26)22(18(12)25)13-4-5-15(23)21-17(13)24/h1-3,13H,4-11H2,(H,21,23,24). The summed E-state index contributed by atoms with van der Waals surface area (Å²) in [7, 11) is 0. The number of hydrogen-bond acceptors (Lipinski definition) is 7. The van der Waals surface area contributed by atoms with Crippen LogP contribution < -0.4 is 5.32 Å². The average molecular weight is 532 g/mol. The number of carbonyl (C=O) groups excluding carboxylic acids is 4. The van der Waals surface area contributed by atoms with Gasteiger partial charge in [0.1, 0.15) is 6.04 Å². The molecule has 0 spiro atoms. The summed E-state index contributed by atoms with van der Waals surface area (Å²) < 4.78 is 11.8. The molecule has 29 heavy (non-hydrogen) atoms. The van der Waals surface area contributed by atoms with E-state index in [9.17, 15) is 19.2 Å². The molecule has 1 fully saturated rings. The predicted molar refractivity (Wildman–Crippen MR) is 114 cm³/mol. The van der Waals surface area contributed by atoms with Crippen LogP contribution in [0.1, 0.15) is 33.6 Å². The Labute approximate surface area is 186 Å². The zero-order valence-electron chi connectivity index (χ0n) is 15.6. The highest BCUT2D eigenvalue weighted by molar-refractivity contribution is 14.1. The SMILES string of the molecule is O=C1CCC(N2C(=O)c3cccc(SCCOCCOCCI)c3C2=O)C(=O)N1. The molecule has 2 heterocycles. The largest absolute Gasteiger partial charge is 0.378 e. The molecular weight excluding hydrogens is 511 g/mol. The monoisotopic (exact) mass is 532 g/mol. The van der Waals surface area contributed by atoms with Gasteiger partial charge in [0, 0.05) is 21.5 Å². The van der Waals surface area contributed by atoms with Gasteiger partial charge in [0.25, 0.3) is 11.8 Å². The second kappa shape index (κ2) is 10.5. The van der Waals surface area contributed by atoms with Crippen molar-refractivity contribution in [3.63, 3.8) is 0 Å². The Hall–Kier alpha value is -1.50. The number of piperidine rings is 1. The smallest absolute Gasteiger partial charge is 0.263 e. The quantitative estimate of drug-likeness (QED) is 0.161. The van der Waals surface area contributed by atoms with Crippen LogP contribution in [-0.2, 0) is 19.1 Å². The van der Waals surface area contributed by atoms with Gasteiger partial charge in [0.2, 0.25) is 11.8 Å². The first-order valence-electron chi connectivity index (χ1n) is 9.23. The second-order valence-corrected chi connectivity index (χ2v) is 8.60. The van der Waals surface area contributed by atoms with E-state index in [0.29, 0.717) is 42.6 Å². The Morgan fingerprint density at radius 2 is 1.83 bits per heavy atom. The topological polar surface area (TPSA) is 102 Å². The first kappa shape index (κ1) is 22.2. The first-order chi connectivity index (χ1) is 14.0. The number of halogens is 1. The minimum Gasteiger partial charge on any atom is -0.378 e. The van der Waals surface area contributed by atoms with E-state index in [4.69, 9.17) is 9.47 Å². The van der Waals surface area contributed by atoms with Crippen LogP contribution in [0.3, 0.4) is 0 Å². The van der Waals surface area contributed by atoms with Crippen molar-refractivity contribution in [1.82, 2.24) is 10.2 Å². The van der Waals surface area contributed by atoms with E-state index in [1.165, 1.54) is 11.8 Å². The molecule has 1 aromatic carbocycles. The molecule has 156 valence electrons. The molecule has 8 nitrogen and oxygen atoms in total. The van der Waals surface area contributed by atoms with Crippen LogP contribution in [0.5, 0.6) is 0 Å². The van der Waals surface area contributed by atoms with Gasteiger partial charge in [0.15, 0.2) is 0 Å². The molecule has 2 aliphatic rings. The highest BCUT2D eigenvalue weighted by atomic mass is 127. The van der Waals surface area contributed by atoms with Gasteiger partial charge in [-0.25, -0.2) is 0 Å². The van der Waals surface area contributed by atoms with E-state index in [2.05, 4.69) is 27.9 Å². The van der Waals surface area contributed by atoms with Crippen molar-refractivity contribution in [2.24, 2.45) is 0 Å². The van der Waals surface area contributed by atoms with Crippen LogP contribution in [0.15, 0.2) is 23.1 Å². The minimum atomic E-state index is -0.955. The van der Waals surface area contributed by atoms with E-state index >= 15 is 0 Å². The van der Waals surface area contributed by atoms with E-state index in [1.807, 2.05) is 0 Å². The maximum Gasteiger partial charge on any atom is 0.263 e. The van der Waals surface area contributed by atoms with Gasteiger partial charge < -0.3 is 9.47 Å². The summed E-state index contributed by atoms with van der Waals surface area (Å²) in [5.74, 6) is -1.37. The van der Waals surface area contributed by atoms with Crippen molar-refractivity contribution >= 4 is 58.0 Å². The zero-order valence-corrected chi connectivity index (χ0v) is 18.6. The summed E-state index contributed by atoms with van der Waals surface area (Å²) in [6.45, 7) is 2.24. The summed E-state index contributed by atoms with van der Waals surface area (Å²) in [4.78, 5) is 50.9. The molecule has 0 bridgehead atoms. The number of nitrogens with zero attached hydrogens (tertiary/aromatic N) is 1. The second-order valence-electron chi connectivity index (χ2n) is 6.39. The summed E-state index contributed by atoms with van der Waals surface area (Å²) in [5.41, 5.74) is 0.607. The molecule has 2 aliphatic heterocycles. The van der Waals surface area contributed by atoms with Crippen molar-refractivity contribution in [1.29, 1.82) is 0 Å². The number of fused-ring (bicyclic) bond motifs is 1. The maximum absolute atomic E-state index is 13.0. The lowest BCUT2D eigenvalue weighted by molar-refractivity contribution is -0.136. The normalized spacial score (nSPS) is 18.9.